The predicted octanol–water partition coefficient (Wildman–Crippen LogP) is 1.98. The molecule has 1 atom stereocenters. The summed E-state index contributed by atoms with van der Waals surface area (Å²) in [6, 6.07) is -0.0135. The topological polar surface area (TPSA) is 46.6 Å². The van der Waals surface area contributed by atoms with E-state index in [0.717, 1.165) is 12.8 Å². The minimum absolute atomic E-state index is 0.0135. The zero-order valence-corrected chi connectivity index (χ0v) is 9.49. The molecule has 1 aliphatic rings. The number of nitrogens with zero attached hydrogens (tertiary/aromatic N) is 1. The fourth-order valence-corrected chi connectivity index (χ4v) is 1.67. The number of carbonyl (C=O) groups excluding carboxylic acids is 2. The average molecular weight is 213 g/mol. The molecule has 0 saturated carbocycles. The number of likely N-dealkylation sites (tertiary alicyclic amines) is 1. The van der Waals surface area contributed by atoms with Crippen molar-refractivity contribution in [1.82, 2.24) is 4.90 Å². The van der Waals surface area contributed by atoms with E-state index in [1.165, 1.54) is 0 Å². The van der Waals surface area contributed by atoms with Crippen molar-refractivity contribution in [1.29, 1.82) is 0 Å². The first kappa shape index (κ1) is 12.0. The van der Waals surface area contributed by atoms with E-state index in [1.54, 1.807) is 4.90 Å². The van der Waals surface area contributed by atoms with Crippen LogP contribution >= 0.6 is 0 Å². The quantitative estimate of drug-likeness (QED) is 0.673. The molecular weight excluding hydrogens is 194 g/mol. The van der Waals surface area contributed by atoms with Crippen LogP contribution in [0.3, 0.4) is 0 Å². The SMILES string of the molecule is CCCCOC(=O)N1CCC(=O)CC1C. The molecule has 1 rings (SSSR count). The van der Waals surface area contributed by atoms with Crippen LogP contribution < -0.4 is 0 Å². The summed E-state index contributed by atoms with van der Waals surface area (Å²) in [5.74, 6) is 0.236. The number of Topliss-reactive ketones (excluding diaryl/α,β-unsaturated/α-hetero) is 1. The van der Waals surface area contributed by atoms with Gasteiger partial charge in [0.2, 0.25) is 0 Å². The first-order valence-corrected chi connectivity index (χ1v) is 5.60. The highest BCUT2D eigenvalue weighted by Gasteiger charge is 2.28. The monoisotopic (exact) mass is 213 g/mol. The minimum atomic E-state index is -0.275. The van der Waals surface area contributed by atoms with Gasteiger partial charge < -0.3 is 9.64 Å². The number of amides is 1. The molecular formula is C11H19NO3. The van der Waals surface area contributed by atoms with E-state index in [0.29, 0.717) is 26.0 Å². The maximum absolute atomic E-state index is 11.6. The Hall–Kier alpha value is -1.06. The highest BCUT2D eigenvalue weighted by Crippen LogP contribution is 2.14. The smallest absolute Gasteiger partial charge is 0.410 e. The van der Waals surface area contributed by atoms with Gasteiger partial charge in [0.05, 0.1) is 6.61 Å². The molecule has 0 aliphatic carbocycles. The summed E-state index contributed by atoms with van der Waals surface area (Å²) < 4.78 is 5.10. The molecule has 1 heterocycles. The van der Waals surface area contributed by atoms with Crippen molar-refractivity contribution in [3.05, 3.63) is 0 Å². The summed E-state index contributed by atoms with van der Waals surface area (Å²) in [4.78, 5) is 24.4. The molecule has 1 aliphatic heterocycles. The lowest BCUT2D eigenvalue weighted by atomic mass is 10.0. The fourth-order valence-electron chi connectivity index (χ4n) is 1.67. The molecule has 15 heavy (non-hydrogen) atoms. The number of unbranched alkanes of at least 4 members (excludes halogenated alkanes) is 1. The van der Waals surface area contributed by atoms with Crippen molar-refractivity contribution in [2.45, 2.75) is 45.6 Å². The van der Waals surface area contributed by atoms with Gasteiger partial charge in [-0.3, -0.25) is 4.79 Å². The first-order valence-electron chi connectivity index (χ1n) is 5.60. The van der Waals surface area contributed by atoms with Gasteiger partial charge in [-0.2, -0.15) is 0 Å². The molecule has 0 aromatic heterocycles. The van der Waals surface area contributed by atoms with Crippen molar-refractivity contribution < 1.29 is 14.3 Å². The van der Waals surface area contributed by atoms with Crippen LogP contribution in [0.2, 0.25) is 0 Å². The second kappa shape index (κ2) is 5.73. The summed E-state index contributed by atoms with van der Waals surface area (Å²) in [5, 5.41) is 0. The zero-order chi connectivity index (χ0) is 11.3. The van der Waals surface area contributed by atoms with Gasteiger partial charge in [0, 0.05) is 25.4 Å². The summed E-state index contributed by atoms with van der Waals surface area (Å²) in [6.07, 6.45) is 2.56. The molecule has 0 N–H and O–H groups in total. The van der Waals surface area contributed by atoms with Crippen molar-refractivity contribution in [2.24, 2.45) is 0 Å². The Morgan fingerprint density at radius 2 is 2.33 bits per heavy atom. The lowest BCUT2D eigenvalue weighted by Gasteiger charge is -2.31. The van der Waals surface area contributed by atoms with Crippen molar-refractivity contribution in [3.63, 3.8) is 0 Å². The molecule has 0 bridgehead atoms. The summed E-state index contributed by atoms with van der Waals surface area (Å²) in [5.41, 5.74) is 0. The molecule has 4 nitrogen and oxygen atoms in total. The highest BCUT2D eigenvalue weighted by atomic mass is 16.6. The summed E-state index contributed by atoms with van der Waals surface area (Å²) >= 11 is 0. The maximum atomic E-state index is 11.6. The van der Waals surface area contributed by atoms with Crippen LogP contribution in [0.15, 0.2) is 0 Å². The van der Waals surface area contributed by atoms with Crippen LogP contribution in [0, 0.1) is 0 Å². The van der Waals surface area contributed by atoms with Crippen molar-refractivity contribution in [2.75, 3.05) is 13.2 Å². The molecule has 1 saturated heterocycles. The highest BCUT2D eigenvalue weighted by molar-refractivity contribution is 5.82. The molecule has 1 fully saturated rings. The second-order valence-corrected chi connectivity index (χ2v) is 4.00. The van der Waals surface area contributed by atoms with Gasteiger partial charge in [-0.1, -0.05) is 13.3 Å². The molecule has 0 aromatic carbocycles. The Morgan fingerprint density at radius 3 is 2.93 bits per heavy atom. The number of carbonyl (C=O) groups is 2. The Balaban J connectivity index is 2.35. The second-order valence-electron chi connectivity index (χ2n) is 4.00. The van der Waals surface area contributed by atoms with Crippen molar-refractivity contribution in [3.8, 4) is 0 Å². The van der Waals surface area contributed by atoms with Crippen molar-refractivity contribution >= 4 is 11.9 Å². The summed E-state index contributed by atoms with van der Waals surface area (Å²) in [6.45, 7) is 4.92. The fraction of sp³-hybridized carbons (Fsp3) is 0.818. The van der Waals surface area contributed by atoms with Gasteiger partial charge in [0.1, 0.15) is 5.78 Å². The van der Waals surface area contributed by atoms with E-state index in [-0.39, 0.29) is 17.9 Å². The van der Waals surface area contributed by atoms with Gasteiger partial charge in [-0.05, 0) is 13.3 Å². The Bertz CT molecular complexity index is 240. The van der Waals surface area contributed by atoms with Gasteiger partial charge in [-0.25, -0.2) is 4.79 Å². The first-order chi connectivity index (χ1) is 7.15. The third-order valence-corrected chi connectivity index (χ3v) is 2.64. The van der Waals surface area contributed by atoms with E-state index in [4.69, 9.17) is 4.74 Å². The van der Waals surface area contributed by atoms with E-state index >= 15 is 0 Å². The molecule has 86 valence electrons. The third kappa shape index (κ3) is 3.53. The van der Waals surface area contributed by atoms with Gasteiger partial charge in [0.25, 0.3) is 0 Å². The number of hydrogen-bond donors (Lipinski definition) is 0. The number of ketones is 1. The molecule has 4 heteroatoms. The third-order valence-electron chi connectivity index (χ3n) is 2.64. The standard InChI is InChI=1S/C11H19NO3/c1-3-4-7-15-11(14)12-6-5-10(13)8-9(12)2/h9H,3-8H2,1-2H3. The van der Waals surface area contributed by atoms with Crippen LogP contribution in [0.25, 0.3) is 0 Å². The predicted molar refractivity (Wildman–Crippen MR) is 56.7 cm³/mol. The van der Waals surface area contributed by atoms with E-state index in [1.807, 2.05) is 6.92 Å². The van der Waals surface area contributed by atoms with Crippen LogP contribution in [-0.4, -0.2) is 36.0 Å². The Kier molecular flexibility index (Phi) is 4.59. The van der Waals surface area contributed by atoms with E-state index in [2.05, 4.69) is 6.92 Å². The number of piperidine rings is 1. The largest absolute Gasteiger partial charge is 0.449 e. The lowest BCUT2D eigenvalue weighted by Crippen LogP contribution is -2.45. The van der Waals surface area contributed by atoms with E-state index < -0.39 is 0 Å². The zero-order valence-electron chi connectivity index (χ0n) is 9.49. The van der Waals surface area contributed by atoms with Crippen LogP contribution in [-0.2, 0) is 9.53 Å². The maximum Gasteiger partial charge on any atom is 0.410 e. The Morgan fingerprint density at radius 1 is 1.60 bits per heavy atom. The average Bonchev–Trinajstić information content (AvgIpc) is 2.17. The van der Waals surface area contributed by atoms with Crippen LogP contribution in [0.1, 0.15) is 39.5 Å². The minimum Gasteiger partial charge on any atom is -0.449 e. The molecule has 0 spiro atoms. The van der Waals surface area contributed by atoms with Gasteiger partial charge in [-0.15, -0.1) is 0 Å². The number of ether oxygens (including phenoxy) is 1. The van der Waals surface area contributed by atoms with Crippen LogP contribution in [0.5, 0.6) is 0 Å². The van der Waals surface area contributed by atoms with Gasteiger partial charge in [0.15, 0.2) is 0 Å². The lowest BCUT2D eigenvalue weighted by molar-refractivity contribution is -0.122. The van der Waals surface area contributed by atoms with Crippen LogP contribution in [0.4, 0.5) is 4.79 Å². The van der Waals surface area contributed by atoms with Gasteiger partial charge >= 0.3 is 6.09 Å². The Labute approximate surface area is 90.6 Å². The molecule has 0 aromatic rings. The molecule has 1 unspecified atom stereocenters. The number of hydrogen-bond acceptors (Lipinski definition) is 3. The number of rotatable bonds is 3. The molecule has 1 amide bonds. The summed E-state index contributed by atoms with van der Waals surface area (Å²) in [7, 11) is 0. The van der Waals surface area contributed by atoms with E-state index in [9.17, 15) is 9.59 Å². The molecule has 0 radical (unpaired) electrons. The normalized spacial score (nSPS) is 21.6.